The Labute approximate surface area is 257 Å². The highest BCUT2D eigenvalue weighted by atomic mass is 16.5. The van der Waals surface area contributed by atoms with E-state index in [-0.39, 0.29) is 0 Å². The minimum atomic E-state index is 0.747. The number of aryl methyl sites for hydroxylation is 2. The predicted octanol–water partition coefficient (Wildman–Crippen LogP) is 9.27. The number of fused-ring (bicyclic) bond motifs is 3. The topological polar surface area (TPSA) is 54.1 Å². The number of pyridine rings is 1. The highest BCUT2D eigenvalue weighted by Gasteiger charge is 2.19. The number of hydrogen-bond donors (Lipinski definition) is 0. The van der Waals surface area contributed by atoms with E-state index in [0.717, 1.165) is 74.7 Å². The fourth-order valence-electron chi connectivity index (χ4n) is 6.18. The molecule has 0 N–H and O–H groups in total. The number of benzene rings is 4. The normalized spacial score (nSPS) is 11.4. The van der Waals surface area contributed by atoms with Crippen LogP contribution in [0.5, 0.6) is 17.2 Å². The lowest BCUT2D eigenvalue weighted by molar-refractivity contribution is 0.414. The van der Waals surface area contributed by atoms with Crippen molar-refractivity contribution >= 4 is 21.8 Å². The number of ether oxygens (including phenoxy) is 2. The molecule has 0 fully saturated rings. The van der Waals surface area contributed by atoms with E-state index in [1.165, 1.54) is 16.8 Å². The smallest absolute Gasteiger partial charge is 0.141 e. The van der Waals surface area contributed by atoms with Crippen LogP contribution in [0.3, 0.4) is 0 Å². The Hall–Kier alpha value is -5.36. The summed E-state index contributed by atoms with van der Waals surface area (Å²) in [6, 6.07) is 35.3. The van der Waals surface area contributed by atoms with Crippen molar-refractivity contribution in [2.24, 2.45) is 0 Å². The number of nitrogens with zero attached hydrogens (tertiary/aromatic N) is 4. The van der Waals surface area contributed by atoms with Crippen LogP contribution in [-0.2, 0) is 12.8 Å². The molecule has 0 atom stereocenters. The zero-order valence-corrected chi connectivity index (χ0v) is 25.4. The van der Waals surface area contributed by atoms with Crippen LogP contribution in [0.25, 0.3) is 44.4 Å². The Kier molecular flexibility index (Phi) is 7.10. The maximum absolute atomic E-state index is 6.58. The van der Waals surface area contributed by atoms with Gasteiger partial charge in [-0.25, -0.2) is 9.67 Å². The molecule has 3 aromatic heterocycles. The van der Waals surface area contributed by atoms with E-state index in [1.54, 1.807) is 13.3 Å². The number of methoxy groups -OCH3 is 1. The van der Waals surface area contributed by atoms with Crippen LogP contribution in [-0.4, -0.2) is 26.4 Å². The molecule has 0 aliphatic heterocycles. The van der Waals surface area contributed by atoms with Crippen LogP contribution in [0.15, 0.2) is 109 Å². The molecule has 0 bridgehead atoms. The fraction of sp³-hybridized carbons (Fsp3) is 0.158. The average molecular weight is 579 g/mol. The molecule has 4 aromatic carbocycles. The van der Waals surface area contributed by atoms with Crippen molar-refractivity contribution in [2.45, 2.75) is 33.6 Å². The van der Waals surface area contributed by atoms with Crippen molar-refractivity contribution in [1.82, 2.24) is 19.3 Å². The van der Waals surface area contributed by atoms with E-state index in [4.69, 9.17) is 14.6 Å². The first-order valence-corrected chi connectivity index (χ1v) is 15.1. The maximum Gasteiger partial charge on any atom is 0.141 e. The lowest BCUT2D eigenvalue weighted by Gasteiger charge is -2.13. The largest absolute Gasteiger partial charge is 0.497 e. The van der Waals surface area contributed by atoms with Gasteiger partial charge in [-0.3, -0.25) is 4.57 Å². The van der Waals surface area contributed by atoms with E-state index in [1.807, 2.05) is 18.2 Å². The summed E-state index contributed by atoms with van der Waals surface area (Å²) in [7, 11) is 1.67. The molecule has 6 heteroatoms. The van der Waals surface area contributed by atoms with Gasteiger partial charge >= 0.3 is 0 Å². The molecular weight excluding hydrogens is 544 g/mol. The lowest BCUT2D eigenvalue weighted by atomic mass is 10.0. The summed E-state index contributed by atoms with van der Waals surface area (Å²) >= 11 is 0. The van der Waals surface area contributed by atoms with Crippen LogP contribution in [0.2, 0.25) is 0 Å². The van der Waals surface area contributed by atoms with Crippen LogP contribution in [0.4, 0.5) is 0 Å². The van der Waals surface area contributed by atoms with Gasteiger partial charge in [-0.15, -0.1) is 0 Å². The van der Waals surface area contributed by atoms with E-state index >= 15 is 0 Å². The van der Waals surface area contributed by atoms with Gasteiger partial charge < -0.3 is 9.47 Å². The third-order valence-corrected chi connectivity index (χ3v) is 8.13. The van der Waals surface area contributed by atoms with Crippen molar-refractivity contribution in [2.75, 3.05) is 7.11 Å². The molecule has 7 rings (SSSR count). The summed E-state index contributed by atoms with van der Waals surface area (Å²) in [4.78, 5) is 4.69. The van der Waals surface area contributed by atoms with Gasteiger partial charge in [0.05, 0.1) is 35.2 Å². The van der Waals surface area contributed by atoms with E-state index < -0.39 is 0 Å². The number of rotatable bonds is 8. The highest BCUT2D eigenvalue weighted by molar-refractivity contribution is 6.09. The van der Waals surface area contributed by atoms with Gasteiger partial charge in [0.25, 0.3) is 0 Å². The fourth-order valence-corrected chi connectivity index (χ4v) is 6.18. The van der Waals surface area contributed by atoms with Crippen LogP contribution < -0.4 is 9.47 Å². The van der Waals surface area contributed by atoms with Gasteiger partial charge in [0.1, 0.15) is 23.1 Å². The molecule has 44 heavy (non-hydrogen) atoms. The van der Waals surface area contributed by atoms with Gasteiger partial charge in [-0.05, 0) is 67.3 Å². The molecule has 6 nitrogen and oxygen atoms in total. The van der Waals surface area contributed by atoms with Gasteiger partial charge in [-0.2, -0.15) is 5.10 Å². The second-order valence-electron chi connectivity index (χ2n) is 10.9. The molecule has 0 aliphatic rings. The lowest BCUT2D eigenvalue weighted by Crippen LogP contribution is -2.03. The minimum Gasteiger partial charge on any atom is -0.497 e. The molecule has 218 valence electrons. The monoisotopic (exact) mass is 578 g/mol. The first kappa shape index (κ1) is 27.5. The molecule has 0 aliphatic carbocycles. The zero-order valence-electron chi connectivity index (χ0n) is 25.4. The minimum absolute atomic E-state index is 0.747. The molecule has 0 spiro atoms. The summed E-state index contributed by atoms with van der Waals surface area (Å²) < 4.78 is 16.4. The van der Waals surface area contributed by atoms with Crippen molar-refractivity contribution in [3.8, 4) is 39.9 Å². The SMILES string of the molecule is CCc1nn(-c2cc(C)cc(Oc3ccc4c5ccccc5n(-c5cc(OC)ccn5)c4c3)c2)c(CC)c1-c1ccccc1. The van der Waals surface area contributed by atoms with Gasteiger partial charge in [0, 0.05) is 40.7 Å². The predicted molar refractivity (Wildman–Crippen MR) is 178 cm³/mol. The van der Waals surface area contributed by atoms with Crippen LogP contribution >= 0.6 is 0 Å². The molecule has 0 unspecified atom stereocenters. The molecular formula is C38H34N4O2. The Morgan fingerprint density at radius 1 is 0.705 bits per heavy atom. The quantitative estimate of drug-likeness (QED) is 0.180. The zero-order chi connectivity index (χ0) is 30.2. The van der Waals surface area contributed by atoms with Crippen molar-refractivity contribution in [3.05, 3.63) is 126 Å². The van der Waals surface area contributed by atoms with Crippen molar-refractivity contribution in [1.29, 1.82) is 0 Å². The van der Waals surface area contributed by atoms with Gasteiger partial charge in [-0.1, -0.05) is 62.4 Å². The Bertz CT molecular complexity index is 2120. The highest BCUT2D eigenvalue weighted by Crippen LogP contribution is 2.37. The summed E-state index contributed by atoms with van der Waals surface area (Å²) in [5, 5.41) is 7.39. The summed E-state index contributed by atoms with van der Waals surface area (Å²) in [5.41, 5.74) is 8.90. The van der Waals surface area contributed by atoms with Crippen LogP contribution in [0, 0.1) is 6.92 Å². The third kappa shape index (κ3) is 4.78. The van der Waals surface area contributed by atoms with Crippen molar-refractivity contribution < 1.29 is 9.47 Å². The second kappa shape index (κ2) is 11.4. The number of hydrogen-bond acceptors (Lipinski definition) is 4. The standard InChI is InChI=1S/C38H34N4O2/c1-5-33-38(26-12-8-7-9-13-26)34(6-2)42(40-33)27-20-25(3)21-30(22-27)44-29-16-17-32-31-14-10-11-15-35(31)41(36(32)23-29)37-24-28(43-4)18-19-39-37/h7-24H,5-6H2,1-4H3. The Morgan fingerprint density at radius 2 is 1.50 bits per heavy atom. The Morgan fingerprint density at radius 3 is 2.30 bits per heavy atom. The van der Waals surface area contributed by atoms with Gasteiger partial charge in [0.15, 0.2) is 0 Å². The van der Waals surface area contributed by atoms with Crippen LogP contribution in [0.1, 0.15) is 30.8 Å². The average Bonchev–Trinajstić information content (AvgIpc) is 3.60. The summed E-state index contributed by atoms with van der Waals surface area (Å²) in [6.07, 6.45) is 3.49. The number of para-hydroxylation sites is 1. The summed E-state index contributed by atoms with van der Waals surface area (Å²) in [5.74, 6) is 3.05. The Balaban J connectivity index is 1.32. The molecule has 0 radical (unpaired) electrons. The molecule has 0 amide bonds. The van der Waals surface area contributed by atoms with Crippen molar-refractivity contribution in [3.63, 3.8) is 0 Å². The summed E-state index contributed by atoms with van der Waals surface area (Å²) in [6.45, 7) is 6.46. The molecule has 7 aromatic rings. The molecule has 3 heterocycles. The number of aromatic nitrogens is 4. The first-order chi connectivity index (χ1) is 21.6. The van der Waals surface area contributed by atoms with E-state index in [0.29, 0.717) is 0 Å². The van der Waals surface area contributed by atoms with E-state index in [9.17, 15) is 0 Å². The third-order valence-electron chi connectivity index (χ3n) is 8.13. The second-order valence-corrected chi connectivity index (χ2v) is 10.9. The molecule has 0 saturated carbocycles. The van der Waals surface area contributed by atoms with Gasteiger partial charge in [0.2, 0.25) is 0 Å². The van der Waals surface area contributed by atoms with E-state index in [2.05, 4.69) is 120 Å². The maximum atomic E-state index is 6.58. The molecule has 0 saturated heterocycles. The first-order valence-electron chi connectivity index (χ1n) is 15.1.